The van der Waals surface area contributed by atoms with Crippen LogP contribution < -0.4 is 0 Å². The van der Waals surface area contributed by atoms with Crippen molar-refractivity contribution < 1.29 is 8.81 Å². The van der Waals surface area contributed by atoms with E-state index in [2.05, 4.69) is 36.1 Å². The number of benzene rings is 2. The van der Waals surface area contributed by atoms with Crippen LogP contribution in [0, 0.1) is 19.7 Å². The van der Waals surface area contributed by atoms with Gasteiger partial charge in [-0.3, -0.25) is 4.90 Å². The summed E-state index contributed by atoms with van der Waals surface area (Å²) >= 11 is 0. The van der Waals surface area contributed by atoms with Crippen LogP contribution in [0.4, 0.5) is 4.39 Å². The summed E-state index contributed by atoms with van der Waals surface area (Å²) in [5, 5.41) is 1.23. The van der Waals surface area contributed by atoms with Crippen molar-refractivity contribution in [3.8, 4) is 0 Å². The second-order valence-electron chi connectivity index (χ2n) is 7.15. The smallest absolute Gasteiger partial charge is 0.134 e. The Bertz CT molecular complexity index is 969. The molecule has 0 bridgehead atoms. The van der Waals surface area contributed by atoms with E-state index in [0.29, 0.717) is 0 Å². The first kappa shape index (κ1) is 17.0. The minimum atomic E-state index is -0.161. The third-order valence-electron chi connectivity index (χ3n) is 5.44. The van der Waals surface area contributed by atoms with E-state index in [0.717, 1.165) is 49.4 Å². The third-order valence-corrected chi connectivity index (χ3v) is 5.44. The van der Waals surface area contributed by atoms with Gasteiger partial charge in [0.05, 0.1) is 0 Å². The highest BCUT2D eigenvalue weighted by molar-refractivity contribution is 5.82. The van der Waals surface area contributed by atoms with E-state index in [4.69, 9.17) is 4.42 Å². The fourth-order valence-corrected chi connectivity index (χ4v) is 3.70. The van der Waals surface area contributed by atoms with Gasteiger partial charge in [0.1, 0.15) is 17.2 Å². The molecule has 2 aromatic carbocycles. The fraction of sp³-hybridized carbons (Fsp3) is 0.304. The lowest BCUT2D eigenvalue weighted by Crippen LogP contribution is -2.30. The number of halogens is 1. The molecule has 4 rings (SSSR count). The molecule has 2 heterocycles. The van der Waals surface area contributed by atoms with Crippen molar-refractivity contribution in [1.29, 1.82) is 0 Å². The molecule has 0 N–H and O–H groups in total. The molecule has 134 valence electrons. The summed E-state index contributed by atoms with van der Waals surface area (Å²) < 4.78 is 19.2. The fourth-order valence-electron chi connectivity index (χ4n) is 3.70. The molecule has 0 saturated carbocycles. The van der Waals surface area contributed by atoms with E-state index in [1.807, 2.05) is 13.0 Å². The summed E-state index contributed by atoms with van der Waals surface area (Å²) in [5.74, 6) is 0.842. The van der Waals surface area contributed by atoms with Gasteiger partial charge < -0.3 is 4.42 Å². The van der Waals surface area contributed by atoms with Crippen molar-refractivity contribution in [3.05, 3.63) is 76.8 Å². The lowest BCUT2D eigenvalue weighted by molar-refractivity contribution is 0.306. The van der Waals surface area contributed by atoms with Gasteiger partial charge in [-0.1, -0.05) is 24.3 Å². The van der Waals surface area contributed by atoms with E-state index >= 15 is 0 Å². The Morgan fingerprint density at radius 3 is 2.77 bits per heavy atom. The second-order valence-corrected chi connectivity index (χ2v) is 7.15. The summed E-state index contributed by atoms with van der Waals surface area (Å²) in [6.07, 6.45) is 4.25. The van der Waals surface area contributed by atoms with Gasteiger partial charge in [0.15, 0.2) is 0 Å². The molecule has 3 aromatic rings. The van der Waals surface area contributed by atoms with Crippen LogP contribution >= 0.6 is 0 Å². The maximum absolute atomic E-state index is 13.4. The molecule has 0 unspecified atom stereocenters. The molecule has 0 spiro atoms. The average molecular weight is 349 g/mol. The predicted octanol–water partition coefficient (Wildman–Crippen LogP) is 5.52. The third kappa shape index (κ3) is 3.45. The number of fused-ring (bicyclic) bond motifs is 1. The molecule has 0 radical (unpaired) electrons. The van der Waals surface area contributed by atoms with Crippen molar-refractivity contribution in [3.63, 3.8) is 0 Å². The van der Waals surface area contributed by atoms with Crippen LogP contribution in [0.5, 0.6) is 0 Å². The zero-order valence-electron chi connectivity index (χ0n) is 15.4. The molecule has 0 atom stereocenters. The van der Waals surface area contributed by atoms with Crippen LogP contribution in [0.15, 0.2) is 53.0 Å². The van der Waals surface area contributed by atoms with Gasteiger partial charge in [0.25, 0.3) is 0 Å². The molecule has 3 heteroatoms. The van der Waals surface area contributed by atoms with E-state index < -0.39 is 0 Å². The van der Waals surface area contributed by atoms with Gasteiger partial charge >= 0.3 is 0 Å². The maximum atomic E-state index is 13.4. The van der Waals surface area contributed by atoms with Gasteiger partial charge in [-0.15, -0.1) is 0 Å². The number of rotatable bonds is 4. The van der Waals surface area contributed by atoms with Gasteiger partial charge in [-0.05, 0) is 73.2 Å². The summed E-state index contributed by atoms with van der Waals surface area (Å²) in [6.45, 7) is 7.13. The molecule has 1 aliphatic rings. The molecule has 0 saturated heterocycles. The Labute approximate surface area is 153 Å². The highest BCUT2D eigenvalue weighted by atomic mass is 19.1. The molecule has 0 aliphatic carbocycles. The predicted molar refractivity (Wildman–Crippen MR) is 105 cm³/mol. The lowest BCUT2D eigenvalue weighted by atomic mass is 9.99. The number of nitrogens with zero attached hydrogens (tertiary/aromatic N) is 1. The maximum Gasteiger partial charge on any atom is 0.134 e. The van der Waals surface area contributed by atoms with Crippen molar-refractivity contribution in [1.82, 2.24) is 4.90 Å². The quantitative estimate of drug-likeness (QED) is 0.616. The van der Waals surface area contributed by atoms with E-state index in [1.54, 1.807) is 12.1 Å². The molecular formula is C23H24FNO. The van der Waals surface area contributed by atoms with Gasteiger partial charge in [0, 0.05) is 25.0 Å². The van der Waals surface area contributed by atoms with Crippen molar-refractivity contribution in [2.24, 2.45) is 0 Å². The van der Waals surface area contributed by atoms with Crippen LogP contribution in [0.1, 0.15) is 28.9 Å². The SMILES string of the molecule is Cc1oc2ccc(CCN3CC=C(c4cccc(F)c4)CC3)cc2c1C. The Balaban J connectivity index is 1.39. The Hall–Kier alpha value is -2.39. The molecule has 0 amide bonds. The minimum absolute atomic E-state index is 0.161. The first-order valence-electron chi connectivity index (χ1n) is 9.26. The van der Waals surface area contributed by atoms with Gasteiger partial charge in [-0.25, -0.2) is 4.39 Å². The molecule has 1 aliphatic heterocycles. The average Bonchev–Trinajstić information content (AvgIpc) is 2.94. The van der Waals surface area contributed by atoms with Crippen LogP contribution in [0.25, 0.3) is 16.5 Å². The Kier molecular flexibility index (Phi) is 4.64. The summed E-state index contributed by atoms with van der Waals surface area (Å²) in [7, 11) is 0. The van der Waals surface area contributed by atoms with Crippen LogP contribution in [-0.2, 0) is 6.42 Å². The normalized spacial score (nSPS) is 15.4. The second kappa shape index (κ2) is 7.08. The Morgan fingerprint density at radius 2 is 2.00 bits per heavy atom. The van der Waals surface area contributed by atoms with Crippen LogP contribution in [0.3, 0.4) is 0 Å². The van der Waals surface area contributed by atoms with Crippen LogP contribution in [0.2, 0.25) is 0 Å². The molecule has 0 fully saturated rings. The highest BCUT2D eigenvalue weighted by Crippen LogP contribution is 2.26. The topological polar surface area (TPSA) is 16.4 Å². The Morgan fingerprint density at radius 1 is 1.12 bits per heavy atom. The first-order chi connectivity index (χ1) is 12.6. The van der Waals surface area contributed by atoms with E-state index in [1.165, 1.54) is 28.2 Å². The van der Waals surface area contributed by atoms with Gasteiger partial charge in [-0.2, -0.15) is 0 Å². The zero-order chi connectivity index (χ0) is 18.1. The summed E-state index contributed by atoms with van der Waals surface area (Å²) in [4.78, 5) is 2.46. The number of furan rings is 1. The molecule has 1 aromatic heterocycles. The molecule has 2 nitrogen and oxygen atoms in total. The van der Waals surface area contributed by atoms with Crippen molar-refractivity contribution >= 4 is 16.5 Å². The summed E-state index contributed by atoms with van der Waals surface area (Å²) in [5.41, 5.74) is 5.83. The standard InChI is InChI=1S/C23H24FNO/c1-16-17(2)26-23-7-6-18(14-22(16)23)8-11-25-12-9-19(10-13-25)20-4-3-5-21(24)15-20/h3-7,9,14-15H,8,10-13H2,1-2H3. The zero-order valence-corrected chi connectivity index (χ0v) is 15.4. The summed E-state index contributed by atoms with van der Waals surface area (Å²) in [6, 6.07) is 13.4. The van der Waals surface area contributed by atoms with Gasteiger partial charge in [0.2, 0.25) is 0 Å². The lowest BCUT2D eigenvalue weighted by Gasteiger charge is -2.26. The van der Waals surface area contributed by atoms with E-state index in [9.17, 15) is 4.39 Å². The number of hydrogen-bond acceptors (Lipinski definition) is 2. The number of aryl methyl sites for hydroxylation is 2. The largest absolute Gasteiger partial charge is 0.461 e. The monoisotopic (exact) mass is 349 g/mol. The first-order valence-corrected chi connectivity index (χ1v) is 9.26. The highest BCUT2D eigenvalue weighted by Gasteiger charge is 2.14. The van der Waals surface area contributed by atoms with E-state index in [-0.39, 0.29) is 5.82 Å². The molecule has 26 heavy (non-hydrogen) atoms. The van der Waals surface area contributed by atoms with Crippen molar-refractivity contribution in [2.75, 3.05) is 19.6 Å². The minimum Gasteiger partial charge on any atom is -0.461 e. The molecular weight excluding hydrogens is 325 g/mol. The van der Waals surface area contributed by atoms with Crippen LogP contribution in [-0.4, -0.2) is 24.5 Å². The number of hydrogen-bond donors (Lipinski definition) is 0. The van der Waals surface area contributed by atoms with Crippen molar-refractivity contribution in [2.45, 2.75) is 26.7 Å².